The molecular formula is C16H15N3O3. The van der Waals surface area contributed by atoms with Crippen molar-refractivity contribution in [3.63, 3.8) is 0 Å². The van der Waals surface area contributed by atoms with Crippen LogP contribution in [0.5, 0.6) is 17.2 Å². The molecule has 0 radical (unpaired) electrons. The zero-order chi connectivity index (χ0) is 15.7. The Morgan fingerprint density at radius 3 is 2.41 bits per heavy atom. The van der Waals surface area contributed by atoms with Gasteiger partial charge in [-0.2, -0.15) is 0 Å². The predicted molar refractivity (Wildman–Crippen MR) is 84.2 cm³/mol. The van der Waals surface area contributed by atoms with Crippen molar-refractivity contribution >= 4 is 16.9 Å². The summed E-state index contributed by atoms with van der Waals surface area (Å²) in [7, 11) is 2.95. The van der Waals surface area contributed by atoms with Crippen LogP contribution < -0.4 is 15.2 Å². The normalized spacial score (nSPS) is 10.6. The van der Waals surface area contributed by atoms with E-state index in [1.165, 1.54) is 14.2 Å². The first-order valence-electron chi connectivity index (χ1n) is 6.62. The number of fused-ring (bicyclic) bond motifs is 1. The summed E-state index contributed by atoms with van der Waals surface area (Å²) in [5.74, 6) is 0.666. The van der Waals surface area contributed by atoms with Gasteiger partial charge in [0, 0.05) is 11.6 Å². The van der Waals surface area contributed by atoms with Crippen molar-refractivity contribution in [3.05, 3.63) is 36.4 Å². The average molecular weight is 297 g/mol. The van der Waals surface area contributed by atoms with Crippen LogP contribution in [0.2, 0.25) is 0 Å². The largest absolute Gasteiger partial charge is 0.504 e. The molecule has 3 aromatic rings. The second kappa shape index (κ2) is 5.40. The van der Waals surface area contributed by atoms with Gasteiger partial charge in [0.25, 0.3) is 0 Å². The molecular weight excluding hydrogens is 282 g/mol. The summed E-state index contributed by atoms with van der Waals surface area (Å²) in [5.41, 5.74) is 7.65. The Morgan fingerprint density at radius 1 is 1.05 bits per heavy atom. The van der Waals surface area contributed by atoms with Crippen LogP contribution in [0, 0.1) is 0 Å². The molecule has 0 aliphatic rings. The fraction of sp³-hybridized carbons (Fsp3) is 0.125. The standard InChI is InChI=1S/C16H15N3O3/c1-21-11-8-10-12(14(20)15(11)22-2)13(19-16(17)18-10)9-6-4-3-5-7-9/h3-8,20H,1-2H3,(H2,17,18,19). The zero-order valence-corrected chi connectivity index (χ0v) is 12.2. The second-order valence-electron chi connectivity index (χ2n) is 4.65. The lowest BCUT2D eigenvalue weighted by molar-refractivity contribution is 0.335. The van der Waals surface area contributed by atoms with Gasteiger partial charge in [-0.1, -0.05) is 30.3 Å². The van der Waals surface area contributed by atoms with Gasteiger partial charge < -0.3 is 20.3 Å². The van der Waals surface area contributed by atoms with Crippen LogP contribution in [-0.2, 0) is 0 Å². The number of nitrogens with zero attached hydrogens (tertiary/aromatic N) is 2. The molecule has 0 aliphatic carbocycles. The van der Waals surface area contributed by atoms with Crippen LogP contribution in [0.4, 0.5) is 5.95 Å². The third-order valence-electron chi connectivity index (χ3n) is 3.37. The molecule has 2 aromatic carbocycles. The summed E-state index contributed by atoms with van der Waals surface area (Å²) in [6.07, 6.45) is 0. The first-order chi connectivity index (χ1) is 10.7. The van der Waals surface area contributed by atoms with Gasteiger partial charge in [-0.05, 0) is 0 Å². The number of aromatic nitrogens is 2. The molecule has 0 atom stereocenters. The molecule has 22 heavy (non-hydrogen) atoms. The number of benzene rings is 2. The summed E-state index contributed by atoms with van der Waals surface area (Å²) in [4.78, 5) is 8.45. The van der Waals surface area contributed by atoms with Gasteiger partial charge in [0.2, 0.25) is 11.7 Å². The molecule has 0 aliphatic heterocycles. The van der Waals surface area contributed by atoms with Crippen molar-refractivity contribution in [3.8, 4) is 28.5 Å². The Morgan fingerprint density at radius 2 is 1.77 bits per heavy atom. The van der Waals surface area contributed by atoms with Crippen molar-refractivity contribution < 1.29 is 14.6 Å². The van der Waals surface area contributed by atoms with E-state index < -0.39 is 0 Å². The summed E-state index contributed by atoms with van der Waals surface area (Å²) >= 11 is 0. The Hall–Kier alpha value is -3.02. The van der Waals surface area contributed by atoms with E-state index in [1.54, 1.807) is 6.07 Å². The lowest BCUT2D eigenvalue weighted by Crippen LogP contribution is -2.00. The van der Waals surface area contributed by atoms with Crippen LogP contribution in [0.25, 0.3) is 22.2 Å². The van der Waals surface area contributed by atoms with Gasteiger partial charge in [-0.15, -0.1) is 0 Å². The number of nitrogen functional groups attached to an aromatic ring is 1. The van der Waals surface area contributed by atoms with Gasteiger partial charge in [0.15, 0.2) is 11.5 Å². The second-order valence-corrected chi connectivity index (χ2v) is 4.65. The first kappa shape index (κ1) is 13.9. The number of aromatic hydroxyl groups is 1. The molecule has 0 saturated heterocycles. The number of phenolic OH excluding ortho intramolecular Hbond substituents is 1. The highest BCUT2D eigenvalue weighted by Gasteiger charge is 2.20. The summed E-state index contributed by atoms with van der Waals surface area (Å²) in [6.45, 7) is 0. The fourth-order valence-electron chi connectivity index (χ4n) is 2.41. The third-order valence-corrected chi connectivity index (χ3v) is 3.37. The van der Waals surface area contributed by atoms with E-state index in [0.717, 1.165) is 5.56 Å². The third kappa shape index (κ3) is 2.14. The molecule has 112 valence electrons. The minimum absolute atomic E-state index is 0.0734. The number of rotatable bonds is 3. The summed E-state index contributed by atoms with van der Waals surface area (Å²) in [5, 5.41) is 11.0. The fourth-order valence-corrected chi connectivity index (χ4v) is 2.41. The van der Waals surface area contributed by atoms with Crippen molar-refractivity contribution in [2.45, 2.75) is 0 Å². The Labute approximate surface area is 127 Å². The monoisotopic (exact) mass is 297 g/mol. The van der Waals surface area contributed by atoms with E-state index >= 15 is 0 Å². The molecule has 3 rings (SSSR count). The number of methoxy groups -OCH3 is 2. The van der Waals surface area contributed by atoms with E-state index in [4.69, 9.17) is 15.2 Å². The predicted octanol–water partition coefficient (Wildman–Crippen LogP) is 2.60. The van der Waals surface area contributed by atoms with E-state index in [1.807, 2.05) is 30.3 Å². The quantitative estimate of drug-likeness (QED) is 0.772. The molecule has 0 saturated carbocycles. The SMILES string of the molecule is COc1cc2nc(N)nc(-c3ccccc3)c2c(O)c1OC. The van der Waals surface area contributed by atoms with E-state index in [2.05, 4.69) is 9.97 Å². The summed E-state index contributed by atoms with van der Waals surface area (Å²) < 4.78 is 10.5. The molecule has 0 amide bonds. The van der Waals surface area contributed by atoms with Crippen LogP contribution in [0.1, 0.15) is 0 Å². The highest BCUT2D eigenvalue weighted by Crippen LogP contribution is 2.45. The number of hydrogen-bond donors (Lipinski definition) is 2. The number of ether oxygens (including phenoxy) is 2. The maximum absolute atomic E-state index is 10.6. The van der Waals surface area contributed by atoms with Crippen LogP contribution in [0.3, 0.4) is 0 Å². The van der Waals surface area contributed by atoms with Crippen LogP contribution >= 0.6 is 0 Å². The van der Waals surface area contributed by atoms with E-state index in [-0.39, 0.29) is 17.4 Å². The van der Waals surface area contributed by atoms with Gasteiger partial charge in [0.05, 0.1) is 30.8 Å². The van der Waals surface area contributed by atoms with Gasteiger partial charge in [0.1, 0.15) is 0 Å². The smallest absolute Gasteiger partial charge is 0.221 e. The van der Waals surface area contributed by atoms with Gasteiger partial charge >= 0.3 is 0 Å². The molecule has 1 aromatic heterocycles. The number of hydrogen-bond acceptors (Lipinski definition) is 6. The molecule has 3 N–H and O–H groups in total. The zero-order valence-electron chi connectivity index (χ0n) is 12.2. The number of nitrogens with two attached hydrogens (primary N) is 1. The molecule has 0 unspecified atom stereocenters. The molecule has 6 heteroatoms. The highest BCUT2D eigenvalue weighted by atomic mass is 16.5. The van der Waals surface area contributed by atoms with Crippen LogP contribution in [0.15, 0.2) is 36.4 Å². The lowest BCUT2D eigenvalue weighted by atomic mass is 10.0. The molecule has 6 nitrogen and oxygen atoms in total. The maximum Gasteiger partial charge on any atom is 0.221 e. The Kier molecular flexibility index (Phi) is 3.42. The average Bonchev–Trinajstić information content (AvgIpc) is 2.54. The minimum atomic E-state index is -0.0734. The number of phenols is 1. The van der Waals surface area contributed by atoms with Crippen molar-refractivity contribution in [2.24, 2.45) is 0 Å². The van der Waals surface area contributed by atoms with E-state index in [9.17, 15) is 5.11 Å². The minimum Gasteiger partial charge on any atom is -0.504 e. The Balaban J connectivity index is 2.43. The van der Waals surface area contributed by atoms with Gasteiger partial charge in [-0.3, -0.25) is 0 Å². The lowest BCUT2D eigenvalue weighted by Gasteiger charge is -2.14. The first-order valence-corrected chi connectivity index (χ1v) is 6.62. The van der Waals surface area contributed by atoms with Crippen molar-refractivity contribution in [1.29, 1.82) is 0 Å². The topological polar surface area (TPSA) is 90.5 Å². The van der Waals surface area contributed by atoms with Gasteiger partial charge in [-0.25, -0.2) is 9.97 Å². The molecule has 1 heterocycles. The molecule has 0 fully saturated rings. The maximum atomic E-state index is 10.6. The summed E-state index contributed by atoms with van der Waals surface area (Å²) in [6, 6.07) is 11.1. The van der Waals surface area contributed by atoms with E-state index in [0.29, 0.717) is 22.3 Å². The highest BCUT2D eigenvalue weighted by molar-refractivity contribution is 6.00. The van der Waals surface area contributed by atoms with Crippen molar-refractivity contribution in [1.82, 2.24) is 9.97 Å². The van der Waals surface area contributed by atoms with Crippen molar-refractivity contribution in [2.75, 3.05) is 20.0 Å². The molecule has 0 bridgehead atoms. The molecule has 0 spiro atoms. The van der Waals surface area contributed by atoms with Crippen LogP contribution in [-0.4, -0.2) is 29.3 Å². The number of anilines is 1. The Bertz CT molecular complexity index is 835.